The first-order chi connectivity index (χ1) is 10.4. The zero-order chi connectivity index (χ0) is 15.9. The second-order valence-corrected chi connectivity index (χ2v) is 6.97. The van der Waals surface area contributed by atoms with Gasteiger partial charge in [-0.3, -0.25) is 4.55 Å². The number of hydrogen-bond acceptors (Lipinski definition) is 5. The number of carboxylic acid groups (broad SMARTS) is 1. The minimum absolute atomic E-state index is 0.0541. The fourth-order valence-corrected chi connectivity index (χ4v) is 4.58. The summed E-state index contributed by atoms with van der Waals surface area (Å²) in [6.07, 6.45) is 1.19. The van der Waals surface area contributed by atoms with Crippen molar-refractivity contribution < 1.29 is 22.9 Å². The molecule has 1 atom stereocenters. The van der Waals surface area contributed by atoms with E-state index in [2.05, 4.69) is 4.98 Å². The van der Waals surface area contributed by atoms with Crippen LogP contribution < -0.4 is 4.31 Å². The third kappa shape index (κ3) is 2.58. The summed E-state index contributed by atoms with van der Waals surface area (Å²) >= 11 is 0.869. The topological polar surface area (TPSA) is 108 Å². The number of nitrogens with zero attached hydrogens (tertiary/aromatic N) is 2. The van der Waals surface area contributed by atoms with E-state index >= 15 is 0 Å². The standard InChI is InChI=1S/C13H12N2O5S2/c16-12(17)10-7-21-13(14-10)15(22(18,19)20)11-6-5-8-3-1-2-4-9(8)11/h1-4,7,11H,5-6H2,(H,16,17)(H,18,19,20). The van der Waals surface area contributed by atoms with Crippen LogP contribution in [0.3, 0.4) is 0 Å². The van der Waals surface area contributed by atoms with E-state index in [9.17, 15) is 17.8 Å². The molecule has 1 aromatic carbocycles. The predicted octanol–water partition coefficient (Wildman–Crippen LogP) is 2.14. The average Bonchev–Trinajstić information content (AvgIpc) is 3.06. The van der Waals surface area contributed by atoms with Crippen LogP contribution in [0.5, 0.6) is 0 Å². The first kappa shape index (κ1) is 14.9. The summed E-state index contributed by atoms with van der Waals surface area (Å²) in [7, 11) is -4.57. The lowest BCUT2D eigenvalue weighted by atomic mass is 10.1. The highest BCUT2D eigenvalue weighted by Gasteiger charge is 2.36. The minimum atomic E-state index is -4.57. The molecule has 1 heterocycles. The molecular formula is C13H12N2O5S2. The molecule has 2 N–H and O–H groups in total. The van der Waals surface area contributed by atoms with Gasteiger partial charge in [-0.05, 0) is 24.0 Å². The van der Waals surface area contributed by atoms with Gasteiger partial charge in [0.25, 0.3) is 0 Å². The van der Waals surface area contributed by atoms with Gasteiger partial charge in [0, 0.05) is 5.38 Å². The smallest absolute Gasteiger partial charge is 0.362 e. The average molecular weight is 340 g/mol. The maximum atomic E-state index is 11.8. The number of thiazole rings is 1. The van der Waals surface area contributed by atoms with Crippen molar-refractivity contribution in [2.24, 2.45) is 0 Å². The molecule has 1 unspecified atom stereocenters. The first-order valence-corrected chi connectivity index (χ1v) is 8.69. The summed E-state index contributed by atoms with van der Waals surface area (Å²) in [5, 5.41) is 10.1. The number of aromatic nitrogens is 1. The molecule has 22 heavy (non-hydrogen) atoms. The van der Waals surface area contributed by atoms with Crippen molar-refractivity contribution in [1.82, 2.24) is 4.98 Å². The van der Waals surface area contributed by atoms with Crippen LogP contribution in [0.4, 0.5) is 5.13 Å². The van der Waals surface area contributed by atoms with Gasteiger partial charge in [0.1, 0.15) is 0 Å². The van der Waals surface area contributed by atoms with Gasteiger partial charge in [0.15, 0.2) is 5.69 Å². The van der Waals surface area contributed by atoms with E-state index < -0.39 is 22.3 Å². The molecule has 0 fully saturated rings. The molecule has 2 aromatic rings. The monoisotopic (exact) mass is 340 g/mol. The summed E-state index contributed by atoms with van der Waals surface area (Å²) < 4.78 is 34.0. The summed E-state index contributed by atoms with van der Waals surface area (Å²) in [5.74, 6) is -1.25. The molecule has 0 saturated heterocycles. The third-order valence-corrected chi connectivity index (χ3v) is 5.41. The van der Waals surface area contributed by atoms with Gasteiger partial charge in [-0.15, -0.1) is 11.3 Å². The van der Waals surface area contributed by atoms with E-state index in [4.69, 9.17) is 5.11 Å². The predicted molar refractivity (Wildman–Crippen MR) is 80.6 cm³/mol. The highest BCUT2D eigenvalue weighted by molar-refractivity contribution is 7.87. The van der Waals surface area contributed by atoms with Crippen molar-refractivity contribution in [3.8, 4) is 0 Å². The number of carbonyl (C=O) groups is 1. The van der Waals surface area contributed by atoms with Gasteiger partial charge >= 0.3 is 16.3 Å². The van der Waals surface area contributed by atoms with E-state index in [0.717, 1.165) is 26.8 Å². The van der Waals surface area contributed by atoms with Crippen LogP contribution in [0.15, 0.2) is 29.6 Å². The quantitative estimate of drug-likeness (QED) is 0.826. The van der Waals surface area contributed by atoms with Crippen molar-refractivity contribution in [3.63, 3.8) is 0 Å². The molecule has 0 spiro atoms. The number of fused-ring (bicyclic) bond motifs is 1. The van der Waals surface area contributed by atoms with Crippen LogP contribution in [-0.2, 0) is 16.7 Å². The van der Waals surface area contributed by atoms with Gasteiger partial charge in [0.2, 0.25) is 5.13 Å². The maximum Gasteiger partial charge on any atom is 0.362 e. The normalized spacial score (nSPS) is 17.2. The van der Waals surface area contributed by atoms with E-state index in [1.807, 2.05) is 12.1 Å². The van der Waals surface area contributed by atoms with Crippen molar-refractivity contribution in [3.05, 3.63) is 46.5 Å². The summed E-state index contributed by atoms with van der Waals surface area (Å²) in [4.78, 5) is 14.7. The van der Waals surface area contributed by atoms with Crippen LogP contribution in [0.1, 0.15) is 34.1 Å². The van der Waals surface area contributed by atoms with E-state index in [-0.39, 0.29) is 10.8 Å². The Morgan fingerprint density at radius 2 is 2.09 bits per heavy atom. The van der Waals surface area contributed by atoms with E-state index in [1.54, 1.807) is 12.1 Å². The molecule has 0 radical (unpaired) electrons. The lowest BCUT2D eigenvalue weighted by Crippen LogP contribution is -2.33. The second-order valence-electron chi connectivity index (χ2n) is 4.85. The zero-order valence-electron chi connectivity index (χ0n) is 11.2. The van der Waals surface area contributed by atoms with Gasteiger partial charge in [-0.25, -0.2) is 14.1 Å². The number of hydrogen-bond donors (Lipinski definition) is 2. The Kier molecular flexibility index (Phi) is 3.63. The van der Waals surface area contributed by atoms with Gasteiger partial charge in [-0.1, -0.05) is 24.3 Å². The SMILES string of the molecule is O=C(O)c1csc(N(C2CCc3ccccc32)S(=O)(=O)O)n1. The molecule has 3 rings (SSSR count). The zero-order valence-corrected chi connectivity index (χ0v) is 12.8. The summed E-state index contributed by atoms with van der Waals surface area (Å²) in [6, 6.07) is 6.78. The number of rotatable bonds is 4. The highest BCUT2D eigenvalue weighted by Crippen LogP contribution is 2.40. The van der Waals surface area contributed by atoms with Gasteiger partial charge in [-0.2, -0.15) is 8.42 Å². The van der Waals surface area contributed by atoms with Crippen LogP contribution in [-0.4, -0.2) is 29.0 Å². The molecule has 0 bridgehead atoms. The van der Waals surface area contributed by atoms with E-state index in [0.29, 0.717) is 12.8 Å². The van der Waals surface area contributed by atoms with Gasteiger partial charge < -0.3 is 5.11 Å². The number of carboxylic acids is 1. The molecule has 9 heteroatoms. The molecule has 7 nitrogen and oxygen atoms in total. The Morgan fingerprint density at radius 3 is 2.73 bits per heavy atom. The molecule has 0 amide bonds. The maximum absolute atomic E-state index is 11.8. The molecule has 1 aliphatic carbocycles. The van der Waals surface area contributed by atoms with E-state index in [1.165, 1.54) is 5.38 Å². The Labute approximate surface area is 130 Å². The molecule has 0 saturated carbocycles. The largest absolute Gasteiger partial charge is 0.476 e. The highest BCUT2D eigenvalue weighted by atomic mass is 32.2. The molecule has 1 aromatic heterocycles. The molecule has 116 valence electrons. The number of benzene rings is 1. The lowest BCUT2D eigenvalue weighted by molar-refractivity contribution is 0.0691. The fraction of sp³-hybridized carbons (Fsp3) is 0.231. The Balaban J connectivity index is 2.07. The Bertz CT molecular complexity index is 830. The Hall–Kier alpha value is -1.97. The molecule has 0 aliphatic heterocycles. The van der Waals surface area contributed by atoms with Crippen molar-refractivity contribution >= 4 is 32.7 Å². The summed E-state index contributed by atoms with van der Waals surface area (Å²) in [5.41, 5.74) is 1.56. The number of anilines is 1. The number of aryl methyl sites for hydroxylation is 1. The van der Waals surface area contributed by atoms with Crippen LogP contribution in [0, 0.1) is 0 Å². The second kappa shape index (κ2) is 5.34. The lowest BCUT2D eigenvalue weighted by Gasteiger charge is -2.25. The Morgan fingerprint density at radius 1 is 1.36 bits per heavy atom. The molecule has 1 aliphatic rings. The fourth-order valence-electron chi connectivity index (χ4n) is 2.63. The van der Waals surface area contributed by atoms with Crippen molar-refractivity contribution in [2.75, 3.05) is 4.31 Å². The van der Waals surface area contributed by atoms with Gasteiger partial charge in [0.05, 0.1) is 6.04 Å². The number of aromatic carboxylic acids is 1. The van der Waals surface area contributed by atoms with Crippen LogP contribution in [0.2, 0.25) is 0 Å². The minimum Gasteiger partial charge on any atom is -0.476 e. The first-order valence-electron chi connectivity index (χ1n) is 6.41. The summed E-state index contributed by atoms with van der Waals surface area (Å²) in [6.45, 7) is 0. The van der Waals surface area contributed by atoms with Crippen LogP contribution in [0.25, 0.3) is 0 Å². The third-order valence-electron chi connectivity index (χ3n) is 3.53. The van der Waals surface area contributed by atoms with Crippen molar-refractivity contribution in [2.45, 2.75) is 18.9 Å². The van der Waals surface area contributed by atoms with Crippen LogP contribution >= 0.6 is 11.3 Å². The molecular weight excluding hydrogens is 328 g/mol. The van der Waals surface area contributed by atoms with Crippen molar-refractivity contribution in [1.29, 1.82) is 0 Å².